The van der Waals surface area contributed by atoms with E-state index < -0.39 is 0 Å². The predicted octanol–water partition coefficient (Wildman–Crippen LogP) is 3.67. The molecule has 0 amide bonds. The van der Waals surface area contributed by atoms with Crippen molar-refractivity contribution in [2.75, 3.05) is 0 Å². The molecule has 1 heteroatoms. The average Bonchev–Trinajstić information content (AvgIpc) is 2.18. The molecule has 1 nitrogen and oxygen atoms in total. The molecule has 70 valence electrons. The van der Waals surface area contributed by atoms with E-state index in [1.807, 2.05) is 25.1 Å². The van der Waals surface area contributed by atoms with Crippen LogP contribution < -0.4 is 0 Å². The molecule has 1 rings (SSSR count). The van der Waals surface area contributed by atoms with Crippen LogP contribution in [0, 0.1) is 18.3 Å². The molecule has 13 heavy (non-hydrogen) atoms. The third-order valence-corrected chi connectivity index (χ3v) is 1.65. The van der Waals surface area contributed by atoms with Crippen molar-refractivity contribution in [3.8, 4) is 6.07 Å². The average molecular weight is 175 g/mol. The number of nitriles is 1. The molecule has 0 radical (unpaired) electrons. The molecule has 0 fully saturated rings. The van der Waals surface area contributed by atoms with Gasteiger partial charge in [-0.05, 0) is 24.6 Å². The highest BCUT2D eigenvalue weighted by molar-refractivity contribution is 5.31. The Kier molecular flexibility index (Phi) is 6.63. The summed E-state index contributed by atoms with van der Waals surface area (Å²) in [5.74, 6) is 0. The molecule has 0 heterocycles. The normalized spacial score (nSPS) is 8.15. The summed E-state index contributed by atoms with van der Waals surface area (Å²) in [5.41, 5.74) is 1.86. The fraction of sp³-hybridized carbons (Fsp3) is 0.417. The minimum atomic E-state index is 0.731. The van der Waals surface area contributed by atoms with Gasteiger partial charge in [-0.1, -0.05) is 38.8 Å². The lowest BCUT2D eigenvalue weighted by atomic mass is 10.2. The van der Waals surface area contributed by atoms with Gasteiger partial charge >= 0.3 is 0 Å². The van der Waals surface area contributed by atoms with Gasteiger partial charge in [0.15, 0.2) is 0 Å². The van der Waals surface area contributed by atoms with Crippen LogP contribution >= 0.6 is 0 Å². The lowest BCUT2D eigenvalue weighted by Crippen LogP contribution is -1.73. The smallest absolute Gasteiger partial charge is 0.0991 e. The van der Waals surface area contributed by atoms with Crippen LogP contribution in [0.3, 0.4) is 0 Å². The maximum Gasteiger partial charge on any atom is 0.0991 e. The van der Waals surface area contributed by atoms with E-state index in [9.17, 15) is 0 Å². The van der Waals surface area contributed by atoms with Crippen molar-refractivity contribution >= 4 is 0 Å². The summed E-state index contributed by atoms with van der Waals surface area (Å²) in [6, 6.07) is 9.58. The molecule has 0 aliphatic carbocycles. The van der Waals surface area contributed by atoms with Crippen LogP contribution in [0.5, 0.6) is 0 Å². The van der Waals surface area contributed by atoms with Gasteiger partial charge in [0.1, 0.15) is 0 Å². The fourth-order valence-corrected chi connectivity index (χ4v) is 0.715. The molecule has 1 aromatic carbocycles. The molecule has 0 spiro atoms. The largest absolute Gasteiger partial charge is 0.192 e. The standard InChI is InChI=1S/C8H7N.C4H10/c1-7-3-2-4-8(5-7)6-9;1-3-4-2/h2-5H,1H3;3-4H2,1-2H3. The molecule has 0 saturated heterocycles. The van der Waals surface area contributed by atoms with E-state index in [0.717, 1.165) is 11.1 Å². The molecule has 0 saturated carbocycles. The summed E-state index contributed by atoms with van der Waals surface area (Å²) >= 11 is 0. The second kappa shape index (κ2) is 7.36. The van der Waals surface area contributed by atoms with Crippen LogP contribution in [0.25, 0.3) is 0 Å². The van der Waals surface area contributed by atoms with Crippen molar-refractivity contribution in [2.45, 2.75) is 33.6 Å². The van der Waals surface area contributed by atoms with Gasteiger partial charge in [0, 0.05) is 0 Å². The number of rotatable bonds is 1. The van der Waals surface area contributed by atoms with Crippen molar-refractivity contribution < 1.29 is 0 Å². The number of aryl methyl sites for hydroxylation is 1. The van der Waals surface area contributed by atoms with Crippen molar-refractivity contribution in [3.05, 3.63) is 35.4 Å². The van der Waals surface area contributed by atoms with E-state index in [4.69, 9.17) is 5.26 Å². The van der Waals surface area contributed by atoms with Gasteiger partial charge in [-0.15, -0.1) is 0 Å². The Morgan fingerprint density at radius 3 is 2.15 bits per heavy atom. The molecule has 0 aromatic heterocycles. The highest BCUT2D eigenvalue weighted by Gasteiger charge is 1.86. The van der Waals surface area contributed by atoms with Crippen molar-refractivity contribution in [2.24, 2.45) is 0 Å². The molecule has 0 bridgehead atoms. The molecule has 0 aliphatic rings. The van der Waals surface area contributed by atoms with Gasteiger partial charge in [0.25, 0.3) is 0 Å². The Bertz CT molecular complexity index is 269. The summed E-state index contributed by atoms with van der Waals surface area (Å²) in [5, 5.41) is 8.41. The van der Waals surface area contributed by atoms with Gasteiger partial charge in [0.05, 0.1) is 11.6 Å². The first kappa shape index (κ1) is 11.7. The monoisotopic (exact) mass is 175 g/mol. The Morgan fingerprint density at radius 1 is 1.23 bits per heavy atom. The van der Waals surface area contributed by atoms with Crippen LogP contribution in [0.2, 0.25) is 0 Å². The van der Waals surface area contributed by atoms with Gasteiger partial charge in [-0.3, -0.25) is 0 Å². The molecule has 1 aromatic rings. The molecular weight excluding hydrogens is 158 g/mol. The van der Waals surface area contributed by atoms with Gasteiger partial charge in [0.2, 0.25) is 0 Å². The molecule has 0 N–H and O–H groups in total. The SMILES string of the molecule is CCCC.Cc1cccc(C#N)c1. The minimum absolute atomic E-state index is 0.731. The topological polar surface area (TPSA) is 23.8 Å². The zero-order valence-electron chi connectivity index (χ0n) is 8.67. The quantitative estimate of drug-likeness (QED) is 0.638. The molecule has 0 atom stereocenters. The summed E-state index contributed by atoms with van der Waals surface area (Å²) < 4.78 is 0. The Balaban J connectivity index is 0.000000310. The first-order valence-corrected chi connectivity index (χ1v) is 4.71. The molecule has 0 unspecified atom stereocenters. The van der Waals surface area contributed by atoms with E-state index >= 15 is 0 Å². The third-order valence-electron chi connectivity index (χ3n) is 1.65. The highest BCUT2D eigenvalue weighted by Crippen LogP contribution is 2.00. The number of unbranched alkanes of at least 4 members (excludes halogenated alkanes) is 1. The number of nitrogens with zero attached hydrogens (tertiary/aromatic N) is 1. The zero-order chi connectivity index (χ0) is 10.1. The van der Waals surface area contributed by atoms with E-state index in [1.54, 1.807) is 6.07 Å². The number of benzene rings is 1. The number of hydrogen-bond acceptors (Lipinski definition) is 1. The summed E-state index contributed by atoms with van der Waals surface area (Å²) in [6.45, 7) is 6.33. The van der Waals surface area contributed by atoms with Gasteiger partial charge < -0.3 is 0 Å². The summed E-state index contributed by atoms with van der Waals surface area (Å²) in [4.78, 5) is 0. The predicted molar refractivity (Wildman–Crippen MR) is 56.5 cm³/mol. The van der Waals surface area contributed by atoms with Gasteiger partial charge in [-0.2, -0.15) is 5.26 Å². The van der Waals surface area contributed by atoms with Crippen LogP contribution in [0.4, 0.5) is 0 Å². The lowest BCUT2D eigenvalue weighted by Gasteiger charge is -1.88. The second-order valence-corrected chi connectivity index (χ2v) is 2.98. The van der Waals surface area contributed by atoms with Crippen LogP contribution in [0.15, 0.2) is 24.3 Å². The van der Waals surface area contributed by atoms with Crippen LogP contribution in [-0.4, -0.2) is 0 Å². The van der Waals surface area contributed by atoms with Crippen LogP contribution in [0.1, 0.15) is 37.8 Å². The van der Waals surface area contributed by atoms with E-state index in [0.29, 0.717) is 0 Å². The second-order valence-electron chi connectivity index (χ2n) is 2.98. The summed E-state index contributed by atoms with van der Waals surface area (Å²) in [7, 11) is 0. The van der Waals surface area contributed by atoms with Gasteiger partial charge in [-0.25, -0.2) is 0 Å². The Hall–Kier alpha value is -1.29. The summed E-state index contributed by atoms with van der Waals surface area (Å²) in [6.07, 6.45) is 2.64. The molecule has 0 aliphatic heterocycles. The number of hydrogen-bond donors (Lipinski definition) is 0. The van der Waals surface area contributed by atoms with E-state index in [-0.39, 0.29) is 0 Å². The van der Waals surface area contributed by atoms with Crippen LogP contribution in [-0.2, 0) is 0 Å². The van der Waals surface area contributed by atoms with E-state index in [2.05, 4.69) is 19.9 Å². The zero-order valence-corrected chi connectivity index (χ0v) is 8.67. The first-order chi connectivity index (χ1) is 6.24. The third kappa shape index (κ3) is 5.93. The highest BCUT2D eigenvalue weighted by atomic mass is 14.2. The maximum absolute atomic E-state index is 8.41. The van der Waals surface area contributed by atoms with Crippen molar-refractivity contribution in [3.63, 3.8) is 0 Å². The van der Waals surface area contributed by atoms with E-state index in [1.165, 1.54) is 12.8 Å². The minimum Gasteiger partial charge on any atom is -0.192 e. The maximum atomic E-state index is 8.41. The lowest BCUT2D eigenvalue weighted by molar-refractivity contribution is 0.886. The fourth-order valence-electron chi connectivity index (χ4n) is 0.715. The molecular formula is C12H17N. The van der Waals surface area contributed by atoms with Crippen molar-refractivity contribution in [1.29, 1.82) is 5.26 Å². The Morgan fingerprint density at radius 2 is 1.85 bits per heavy atom. The Labute approximate surface area is 81.0 Å². The first-order valence-electron chi connectivity index (χ1n) is 4.71. The van der Waals surface area contributed by atoms with Crippen molar-refractivity contribution in [1.82, 2.24) is 0 Å².